The first-order valence-electron chi connectivity index (χ1n) is 13.1. The summed E-state index contributed by atoms with van der Waals surface area (Å²) in [7, 11) is -3.64. The van der Waals surface area contributed by atoms with E-state index in [1.807, 2.05) is 34.4 Å². The van der Waals surface area contributed by atoms with E-state index in [1.165, 1.54) is 42.7 Å². The van der Waals surface area contributed by atoms with Crippen molar-refractivity contribution >= 4 is 21.5 Å². The SMILES string of the molecule is NN(CC12CC3CCCC(C1)C32)c1ncnc2c1CCN(S(=O)(=O)c1ccc(N3C=CCN3)cc1)C2. The highest BCUT2D eigenvalue weighted by Gasteiger charge is 2.65. The van der Waals surface area contributed by atoms with Gasteiger partial charge in [-0.25, -0.2) is 29.7 Å². The lowest BCUT2D eigenvalue weighted by Gasteiger charge is -2.70. The summed E-state index contributed by atoms with van der Waals surface area (Å²) in [6, 6.07) is 6.98. The predicted octanol–water partition coefficient (Wildman–Crippen LogP) is 2.57. The van der Waals surface area contributed by atoms with Crippen LogP contribution in [-0.4, -0.2) is 42.3 Å². The van der Waals surface area contributed by atoms with Crippen molar-refractivity contribution in [2.45, 2.75) is 50.0 Å². The van der Waals surface area contributed by atoms with Gasteiger partial charge in [0.1, 0.15) is 12.1 Å². The van der Waals surface area contributed by atoms with Gasteiger partial charge in [-0.2, -0.15) is 4.31 Å². The third-order valence-corrected chi connectivity index (χ3v) is 11.2. The second kappa shape index (κ2) is 8.24. The molecule has 5 aliphatic rings. The fraction of sp³-hybridized carbons (Fsp3) is 0.538. The molecule has 3 N–H and O–H groups in total. The molecular formula is C26H33N7O2S. The Morgan fingerprint density at radius 2 is 1.92 bits per heavy atom. The van der Waals surface area contributed by atoms with Gasteiger partial charge in [0.25, 0.3) is 0 Å². The molecule has 2 aliphatic heterocycles. The quantitative estimate of drug-likeness (QED) is 0.454. The van der Waals surface area contributed by atoms with Crippen LogP contribution in [0.5, 0.6) is 0 Å². The standard InChI is InChI=1S/C26H33N7O2S/c27-32(16-26-13-18-3-1-4-19(14-26)24(18)26)25-22-9-12-31(15-23(22)28-17-29-25)36(34,35)21-7-5-20(6-8-21)33-11-2-10-30-33/h2,5-8,11,17-19,24,30H,1,3-4,9-10,12-16,27H2. The van der Waals surface area contributed by atoms with Crippen molar-refractivity contribution in [3.63, 3.8) is 0 Å². The van der Waals surface area contributed by atoms with Gasteiger partial charge in [0.05, 0.1) is 22.8 Å². The van der Waals surface area contributed by atoms with E-state index in [0.717, 1.165) is 53.6 Å². The van der Waals surface area contributed by atoms with E-state index >= 15 is 0 Å². The minimum atomic E-state index is -3.64. The highest BCUT2D eigenvalue weighted by Crippen LogP contribution is 2.71. The van der Waals surface area contributed by atoms with Crippen LogP contribution in [0.1, 0.15) is 43.4 Å². The number of benzene rings is 1. The van der Waals surface area contributed by atoms with Crippen LogP contribution in [0.2, 0.25) is 0 Å². The van der Waals surface area contributed by atoms with Crippen molar-refractivity contribution in [1.29, 1.82) is 0 Å². The number of sulfonamides is 1. The van der Waals surface area contributed by atoms with Gasteiger partial charge in [0.2, 0.25) is 10.0 Å². The average molecular weight is 508 g/mol. The molecule has 3 saturated carbocycles. The average Bonchev–Trinajstić information content (AvgIpc) is 3.41. The van der Waals surface area contributed by atoms with Gasteiger partial charge in [0.15, 0.2) is 0 Å². The van der Waals surface area contributed by atoms with Crippen LogP contribution >= 0.6 is 0 Å². The molecule has 0 saturated heterocycles. The molecule has 3 heterocycles. The second-order valence-corrected chi connectivity index (χ2v) is 13.1. The lowest BCUT2D eigenvalue weighted by Crippen LogP contribution is -2.67. The zero-order valence-electron chi connectivity index (χ0n) is 20.4. The first-order valence-corrected chi connectivity index (χ1v) is 14.5. The van der Waals surface area contributed by atoms with E-state index in [1.54, 1.807) is 12.1 Å². The third kappa shape index (κ3) is 3.42. The third-order valence-electron chi connectivity index (χ3n) is 9.30. The van der Waals surface area contributed by atoms with Gasteiger partial charge >= 0.3 is 0 Å². The second-order valence-electron chi connectivity index (χ2n) is 11.2. The molecule has 9 nitrogen and oxygen atoms in total. The number of hydrogen-bond acceptors (Lipinski definition) is 8. The van der Waals surface area contributed by atoms with Crippen LogP contribution in [0.3, 0.4) is 0 Å². The molecule has 2 aromatic rings. The number of hydrazine groups is 2. The van der Waals surface area contributed by atoms with Gasteiger partial charge in [-0.3, -0.25) is 10.0 Å². The van der Waals surface area contributed by atoms with Gasteiger partial charge < -0.3 is 0 Å². The maximum absolute atomic E-state index is 13.4. The number of anilines is 2. The molecule has 36 heavy (non-hydrogen) atoms. The molecule has 7 rings (SSSR count). The van der Waals surface area contributed by atoms with E-state index in [9.17, 15) is 8.42 Å². The molecule has 1 aromatic carbocycles. The van der Waals surface area contributed by atoms with Gasteiger partial charge in [0, 0.05) is 31.4 Å². The maximum atomic E-state index is 13.4. The molecule has 10 heteroatoms. The van der Waals surface area contributed by atoms with Crippen molar-refractivity contribution in [1.82, 2.24) is 19.7 Å². The Morgan fingerprint density at radius 3 is 2.64 bits per heavy atom. The smallest absolute Gasteiger partial charge is 0.243 e. The van der Waals surface area contributed by atoms with Crippen LogP contribution in [0.25, 0.3) is 0 Å². The van der Waals surface area contributed by atoms with Gasteiger partial charge in [-0.05, 0) is 66.7 Å². The van der Waals surface area contributed by atoms with E-state index in [2.05, 4.69) is 15.4 Å². The zero-order chi connectivity index (χ0) is 24.5. The largest absolute Gasteiger partial charge is 0.294 e. The normalized spacial score (nSPS) is 30.8. The van der Waals surface area contributed by atoms with E-state index in [0.29, 0.717) is 23.3 Å². The van der Waals surface area contributed by atoms with Crippen molar-refractivity contribution in [3.8, 4) is 0 Å². The van der Waals surface area contributed by atoms with Gasteiger partial charge in [-0.15, -0.1) is 0 Å². The Hall–Kier alpha value is -2.53. The monoisotopic (exact) mass is 507 g/mol. The van der Waals surface area contributed by atoms with Crippen molar-refractivity contribution < 1.29 is 8.42 Å². The number of fused-ring (bicyclic) bond motifs is 1. The molecule has 3 fully saturated rings. The van der Waals surface area contributed by atoms with E-state index in [-0.39, 0.29) is 6.54 Å². The Morgan fingerprint density at radius 1 is 1.14 bits per heavy atom. The lowest BCUT2D eigenvalue weighted by atomic mass is 9.35. The van der Waals surface area contributed by atoms with Crippen LogP contribution in [-0.2, 0) is 23.0 Å². The molecule has 2 unspecified atom stereocenters. The number of nitrogens with two attached hydrogens (primary N) is 1. The van der Waals surface area contributed by atoms with E-state index in [4.69, 9.17) is 5.84 Å². The number of rotatable bonds is 6. The Labute approximate surface area is 212 Å². The summed E-state index contributed by atoms with van der Waals surface area (Å²) in [5.74, 6) is 10.1. The summed E-state index contributed by atoms with van der Waals surface area (Å²) in [5, 5.41) is 3.72. The maximum Gasteiger partial charge on any atom is 0.243 e. The molecule has 3 aliphatic carbocycles. The number of nitrogens with zero attached hydrogens (tertiary/aromatic N) is 5. The van der Waals surface area contributed by atoms with Crippen molar-refractivity contribution in [2.75, 3.05) is 29.7 Å². The summed E-state index contributed by atoms with van der Waals surface area (Å²) >= 11 is 0. The van der Waals surface area contributed by atoms with Crippen LogP contribution in [0.15, 0.2) is 47.8 Å². The fourth-order valence-electron chi connectivity index (χ4n) is 7.80. The van der Waals surface area contributed by atoms with Crippen LogP contribution in [0, 0.1) is 23.2 Å². The van der Waals surface area contributed by atoms with E-state index < -0.39 is 10.0 Å². The first kappa shape index (κ1) is 22.7. The fourth-order valence-corrected chi connectivity index (χ4v) is 9.21. The molecular weight excluding hydrogens is 474 g/mol. The van der Waals surface area contributed by atoms with Gasteiger partial charge in [-0.1, -0.05) is 25.3 Å². The minimum Gasteiger partial charge on any atom is -0.294 e. The molecule has 2 atom stereocenters. The Kier molecular flexibility index (Phi) is 5.18. The van der Waals surface area contributed by atoms with Crippen LogP contribution in [0.4, 0.5) is 11.5 Å². The minimum absolute atomic E-state index is 0.233. The summed E-state index contributed by atoms with van der Waals surface area (Å²) < 4.78 is 28.4. The van der Waals surface area contributed by atoms with Crippen molar-refractivity contribution in [3.05, 3.63) is 54.1 Å². The zero-order valence-corrected chi connectivity index (χ0v) is 21.2. The topological polar surface area (TPSA) is 108 Å². The summed E-state index contributed by atoms with van der Waals surface area (Å²) in [4.78, 5) is 9.31. The number of aromatic nitrogens is 2. The summed E-state index contributed by atoms with van der Waals surface area (Å²) in [5.41, 5.74) is 6.19. The molecule has 0 amide bonds. The molecule has 0 spiro atoms. The summed E-state index contributed by atoms with van der Waals surface area (Å²) in [6.07, 6.45) is 12.8. The molecule has 0 radical (unpaired) electrons. The molecule has 1 aromatic heterocycles. The first-order chi connectivity index (χ1) is 17.4. The Balaban J connectivity index is 1.07. The highest BCUT2D eigenvalue weighted by molar-refractivity contribution is 7.89. The number of hydrogen-bond donors (Lipinski definition) is 2. The Bertz CT molecular complexity index is 1300. The molecule has 0 bridgehead atoms. The molecule has 190 valence electrons. The van der Waals surface area contributed by atoms with Crippen molar-refractivity contribution in [2.24, 2.45) is 29.0 Å². The lowest BCUT2D eigenvalue weighted by molar-refractivity contribution is -0.201. The van der Waals surface area contributed by atoms with Crippen LogP contribution < -0.4 is 21.3 Å². The highest BCUT2D eigenvalue weighted by atomic mass is 32.2. The number of nitrogens with one attached hydrogen (secondary N) is 1. The summed E-state index contributed by atoms with van der Waals surface area (Å²) in [6.45, 7) is 2.22. The predicted molar refractivity (Wildman–Crippen MR) is 137 cm³/mol.